The highest BCUT2D eigenvalue weighted by Crippen LogP contribution is 2.12. The Morgan fingerprint density at radius 2 is 2.03 bits per heavy atom. The van der Waals surface area contributed by atoms with Crippen molar-refractivity contribution in [3.05, 3.63) is 67.5 Å². The summed E-state index contributed by atoms with van der Waals surface area (Å²) >= 11 is 1.59. The molecule has 0 saturated carbocycles. The van der Waals surface area contributed by atoms with Gasteiger partial charge in [0.15, 0.2) is 0 Å². The number of ether oxygens (including phenoxy) is 1. The second-order valence-corrected chi connectivity index (χ2v) is 8.14. The van der Waals surface area contributed by atoms with Crippen molar-refractivity contribution in [2.45, 2.75) is 38.5 Å². The van der Waals surface area contributed by atoms with Crippen LogP contribution in [0.3, 0.4) is 0 Å². The number of nitrogens with one attached hydrogen (secondary N) is 1. The number of hydrogen-bond donors (Lipinski definition) is 1. The molecule has 1 amide bonds. The number of nitrogens with zero attached hydrogens (tertiary/aromatic N) is 2. The predicted octanol–water partition coefficient (Wildman–Crippen LogP) is 1.76. The second kappa shape index (κ2) is 8.75. The van der Waals surface area contributed by atoms with Gasteiger partial charge in [0.2, 0.25) is 5.91 Å². The molecule has 8 heteroatoms. The van der Waals surface area contributed by atoms with E-state index in [1.165, 1.54) is 9.13 Å². The van der Waals surface area contributed by atoms with Gasteiger partial charge in [0.1, 0.15) is 6.54 Å². The number of benzene rings is 1. The summed E-state index contributed by atoms with van der Waals surface area (Å²) in [6.45, 7) is 1.30. The number of thiophene rings is 1. The Morgan fingerprint density at radius 1 is 1.17 bits per heavy atom. The van der Waals surface area contributed by atoms with E-state index in [9.17, 15) is 14.4 Å². The molecule has 1 N–H and O–H groups in total. The zero-order valence-corrected chi connectivity index (χ0v) is 16.8. The van der Waals surface area contributed by atoms with Gasteiger partial charge in [-0.15, -0.1) is 11.3 Å². The summed E-state index contributed by atoms with van der Waals surface area (Å²) in [7, 11) is 0. The van der Waals surface area contributed by atoms with Crippen LogP contribution in [0.15, 0.2) is 51.4 Å². The fourth-order valence-corrected chi connectivity index (χ4v) is 4.33. The molecule has 1 fully saturated rings. The second-order valence-electron chi connectivity index (χ2n) is 7.11. The maximum Gasteiger partial charge on any atom is 0.331 e. The van der Waals surface area contributed by atoms with Crippen molar-refractivity contribution in [3.63, 3.8) is 0 Å². The first-order chi connectivity index (χ1) is 14.1. The third-order valence-electron chi connectivity index (χ3n) is 5.15. The zero-order chi connectivity index (χ0) is 20.2. The van der Waals surface area contributed by atoms with Crippen LogP contribution in [0.5, 0.6) is 0 Å². The summed E-state index contributed by atoms with van der Waals surface area (Å²) in [6.07, 6.45) is 2.56. The molecule has 0 radical (unpaired) electrons. The predicted molar refractivity (Wildman–Crippen MR) is 112 cm³/mol. The molecule has 3 heterocycles. The molecule has 1 aromatic carbocycles. The number of rotatable bonds is 7. The van der Waals surface area contributed by atoms with Crippen molar-refractivity contribution in [2.75, 3.05) is 13.2 Å². The molecule has 2 aromatic heterocycles. The minimum atomic E-state index is -0.461. The van der Waals surface area contributed by atoms with E-state index < -0.39 is 5.69 Å². The van der Waals surface area contributed by atoms with E-state index in [1.807, 2.05) is 17.5 Å². The lowest BCUT2D eigenvalue weighted by molar-refractivity contribution is -0.122. The van der Waals surface area contributed by atoms with Gasteiger partial charge in [0.25, 0.3) is 5.56 Å². The molecular formula is C21H23N3O4S. The van der Waals surface area contributed by atoms with Gasteiger partial charge in [-0.3, -0.25) is 18.7 Å². The minimum absolute atomic E-state index is 0.0344. The Balaban J connectivity index is 1.61. The molecule has 1 saturated heterocycles. The van der Waals surface area contributed by atoms with E-state index >= 15 is 0 Å². The van der Waals surface area contributed by atoms with E-state index in [0.29, 0.717) is 23.9 Å². The molecule has 3 aromatic rings. The Hall–Kier alpha value is -2.71. The molecule has 0 spiro atoms. The third kappa shape index (κ3) is 4.33. The van der Waals surface area contributed by atoms with Crippen LogP contribution in [-0.4, -0.2) is 34.3 Å². The van der Waals surface area contributed by atoms with Gasteiger partial charge >= 0.3 is 5.69 Å². The Bertz CT molecular complexity index is 1110. The molecule has 4 rings (SSSR count). The monoisotopic (exact) mass is 413 g/mol. The summed E-state index contributed by atoms with van der Waals surface area (Å²) in [6, 6.07) is 10.8. The quantitative estimate of drug-likeness (QED) is 0.640. The van der Waals surface area contributed by atoms with Gasteiger partial charge in [0, 0.05) is 24.6 Å². The van der Waals surface area contributed by atoms with Gasteiger partial charge in [-0.1, -0.05) is 18.2 Å². The first-order valence-corrected chi connectivity index (χ1v) is 10.6. The number of carbonyl (C=O) groups is 1. The van der Waals surface area contributed by atoms with Crippen molar-refractivity contribution in [1.82, 2.24) is 14.5 Å². The third-order valence-corrected chi connectivity index (χ3v) is 6.08. The molecular weight excluding hydrogens is 390 g/mol. The average Bonchev–Trinajstić information content (AvgIpc) is 3.43. The molecule has 152 valence electrons. The van der Waals surface area contributed by atoms with Gasteiger partial charge in [-0.2, -0.15) is 0 Å². The Morgan fingerprint density at radius 3 is 2.79 bits per heavy atom. The number of hydrogen-bond acceptors (Lipinski definition) is 5. The smallest absolute Gasteiger partial charge is 0.331 e. The maximum atomic E-state index is 13.1. The average molecular weight is 413 g/mol. The number of aromatic nitrogens is 2. The lowest BCUT2D eigenvalue weighted by Gasteiger charge is -2.15. The van der Waals surface area contributed by atoms with Gasteiger partial charge in [-0.05, 0) is 42.8 Å². The van der Waals surface area contributed by atoms with Gasteiger partial charge < -0.3 is 10.1 Å². The molecule has 7 nitrogen and oxygen atoms in total. The van der Waals surface area contributed by atoms with Crippen molar-refractivity contribution in [1.29, 1.82) is 0 Å². The number of para-hydroxylation sites is 1. The van der Waals surface area contributed by atoms with E-state index in [-0.39, 0.29) is 30.7 Å². The summed E-state index contributed by atoms with van der Waals surface area (Å²) in [5.74, 6) is -0.267. The summed E-state index contributed by atoms with van der Waals surface area (Å²) in [5, 5.41) is 5.25. The summed E-state index contributed by atoms with van der Waals surface area (Å²) in [5.41, 5.74) is -0.308. The molecule has 29 heavy (non-hydrogen) atoms. The topological polar surface area (TPSA) is 82.3 Å². The molecule has 0 aliphatic carbocycles. The molecule has 0 unspecified atom stereocenters. The minimum Gasteiger partial charge on any atom is -0.376 e. The number of fused-ring (bicyclic) bond motifs is 1. The van der Waals surface area contributed by atoms with Gasteiger partial charge in [0.05, 0.1) is 17.0 Å². The Kier molecular flexibility index (Phi) is 5.92. The highest BCUT2D eigenvalue weighted by molar-refractivity contribution is 7.09. The zero-order valence-electron chi connectivity index (χ0n) is 16.0. The van der Waals surface area contributed by atoms with Crippen molar-refractivity contribution >= 4 is 28.1 Å². The van der Waals surface area contributed by atoms with Gasteiger partial charge in [-0.25, -0.2) is 4.79 Å². The number of aryl methyl sites for hydroxylation is 1. The molecule has 1 atom stereocenters. The van der Waals surface area contributed by atoms with Crippen molar-refractivity contribution in [3.8, 4) is 0 Å². The van der Waals surface area contributed by atoms with E-state index in [1.54, 1.807) is 35.6 Å². The first kappa shape index (κ1) is 19.6. The fourth-order valence-electron chi connectivity index (χ4n) is 3.63. The maximum absolute atomic E-state index is 13.1. The SMILES string of the molecule is O=C(Cn1c(=O)n(CCc2cccs2)c(=O)c2ccccc21)NC[C@@H]1CCCO1. The summed E-state index contributed by atoms with van der Waals surface area (Å²) < 4.78 is 8.14. The highest BCUT2D eigenvalue weighted by Gasteiger charge is 2.18. The van der Waals surface area contributed by atoms with Crippen LogP contribution in [0.4, 0.5) is 0 Å². The van der Waals surface area contributed by atoms with Crippen LogP contribution >= 0.6 is 11.3 Å². The lowest BCUT2D eigenvalue weighted by atomic mass is 10.2. The Labute approximate surface area is 171 Å². The molecule has 1 aliphatic heterocycles. The number of carbonyl (C=O) groups excluding carboxylic acids is 1. The van der Waals surface area contributed by atoms with Crippen LogP contribution < -0.4 is 16.6 Å². The van der Waals surface area contributed by atoms with Crippen LogP contribution in [0.1, 0.15) is 17.7 Å². The number of amides is 1. The van der Waals surface area contributed by atoms with Crippen molar-refractivity contribution in [2.24, 2.45) is 0 Å². The first-order valence-electron chi connectivity index (χ1n) is 9.76. The molecule has 0 bridgehead atoms. The summed E-state index contributed by atoms with van der Waals surface area (Å²) in [4.78, 5) is 39.6. The van der Waals surface area contributed by atoms with Crippen LogP contribution in [0, 0.1) is 0 Å². The highest BCUT2D eigenvalue weighted by atomic mass is 32.1. The van der Waals surface area contributed by atoms with Crippen LogP contribution in [-0.2, 0) is 29.0 Å². The van der Waals surface area contributed by atoms with Crippen LogP contribution in [0.2, 0.25) is 0 Å². The van der Waals surface area contributed by atoms with E-state index in [0.717, 1.165) is 24.3 Å². The molecule has 1 aliphatic rings. The normalized spacial score (nSPS) is 16.3. The van der Waals surface area contributed by atoms with Crippen molar-refractivity contribution < 1.29 is 9.53 Å². The largest absolute Gasteiger partial charge is 0.376 e. The van der Waals surface area contributed by atoms with E-state index in [2.05, 4.69) is 5.32 Å². The van der Waals surface area contributed by atoms with Crippen LogP contribution in [0.25, 0.3) is 10.9 Å². The fraction of sp³-hybridized carbons (Fsp3) is 0.381. The lowest BCUT2D eigenvalue weighted by Crippen LogP contribution is -2.43. The standard InChI is InChI=1S/C21H23N3O4S/c25-19(22-13-15-5-3-11-28-15)14-24-18-8-2-1-7-17(18)20(26)23(21(24)27)10-9-16-6-4-12-29-16/h1-2,4,6-8,12,15H,3,5,9-11,13-14H2,(H,22,25)/t15-/m0/s1. The van der Waals surface area contributed by atoms with E-state index in [4.69, 9.17) is 4.74 Å².